The number of para-hydroxylation sites is 1. The molecule has 0 saturated heterocycles. The van der Waals surface area contributed by atoms with Crippen molar-refractivity contribution >= 4 is 28.7 Å². The lowest BCUT2D eigenvalue weighted by Gasteiger charge is -2.22. The van der Waals surface area contributed by atoms with Crippen LogP contribution in [0.1, 0.15) is 32.6 Å². The molecule has 2 aromatic heterocycles. The quantitative estimate of drug-likeness (QED) is 0.201. The summed E-state index contributed by atoms with van der Waals surface area (Å²) in [6, 6.07) is 20.4. The van der Waals surface area contributed by atoms with Crippen LogP contribution in [0.4, 0.5) is 0 Å². The maximum absolute atomic E-state index is 13.6. The van der Waals surface area contributed by atoms with E-state index >= 15 is 0 Å². The first-order valence-corrected chi connectivity index (χ1v) is 13.7. The zero-order valence-corrected chi connectivity index (χ0v) is 23.7. The molecule has 2 heterocycles. The highest BCUT2D eigenvalue weighted by molar-refractivity contribution is 5.98. The van der Waals surface area contributed by atoms with Crippen LogP contribution in [0.2, 0.25) is 0 Å². The largest absolute Gasteiger partial charge is 0.480 e. The summed E-state index contributed by atoms with van der Waals surface area (Å²) in [5.41, 5.74) is 6.50. The Morgan fingerprint density at radius 1 is 0.905 bits per heavy atom. The van der Waals surface area contributed by atoms with Crippen LogP contribution in [0.5, 0.6) is 0 Å². The van der Waals surface area contributed by atoms with Crippen LogP contribution < -0.4 is 10.6 Å². The Bertz CT molecular complexity index is 1730. The number of hydrogen-bond donors (Lipinski definition) is 4. The summed E-state index contributed by atoms with van der Waals surface area (Å²) in [7, 11) is 1.85. The molecule has 0 aliphatic carbocycles. The fourth-order valence-corrected chi connectivity index (χ4v) is 5.17. The van der Waals surface area contributed by atoms with E-state index in [2.05, 4.69) is 20.7 Å². The lowest BCUT2D eigenvalue weighted by atomic mass is 10.0. The van der Waals surface area contributed by atoms with Crippen LogP contribution in [0.3, 0.4) is 0 Å². The summed E-state index contributed by atoms with van der Waals surface area (Å²) in [6.07, 6.45) is 3.88. The summed E-state index contributed by atoms with van der Waals surface area (Å²) in [5.74, 6) is -2.14. The Labute approximate surface area is 243 Å². The topological polar surface area (TPSA) is 129 Å². The molecule has 9 heteroatoms. The number of carboxylic acids is 1. The van der Waals surface area contributed by atoms with Gasteiger partial charge in [-0.15, -0.1) is 0 Å². The van der Waals surface area contributed by atoms with Gasteiger partial charge in [0.05, 0.1) is 5.69 Å². The minimum Gasteiger partial charge on any atom is -0.480 e. The number of nitrogens with one attached hydrogen (secondary N) is 3. The Morgan fingerprint density at radius 2 is 1.62 bits per heavy atom. The summed E-state index contributed by atoms with van der Waals surface area (Å²) >= 11 is 0. The number of nitrogens with zero attached hydrogens (tertiary/aromatic N) is 2. The van der Waals surface area contributed by atoms with Gasteiger partial charge in [0.2, 0.25) is 5.91 Å². The van der Waals surface area contributed by atoms with Gasteiger partial charge in [-0.2, -0.15) is 5.10 Å². The number of fused-ring (bicyclic) bond motifs is 1. The molecule has 0 radical (unpaired) electrons. The van der Waals surface area contributed by atoms with Gasteiger partial charge in [-0.05, 0) is 49.2 Å². The summed E-state index contributed by atoms with van der Waals surface area (Å²) in [4.78, 5) is 42.3. The van der Waals surface area contributed by atoms with Crippen LogP contribution in [-0.4, -0.2) is 49.7 Å². The van der Waals surface area contributed by atoms with E-state index in [1.54, 1.807) is 23.0 Å². The third-order valence-corrected chi connectivity index (χ3v) is 7.22. The molecule has 214 valence electrons. The molecule has 0 aliphatic heterocycles. The van der Waals surface area contributed by atoms with E-state index in [0.717, 1.165) is 44.4 Å². The number of carbonyl (C=O) groups excluding carboxylic acids is 2. The first kappa shape index (κ1) is 28.4. The van der Waals surface area contributed by atoms with Crippen LogP contribution >= 0.6 is 0 Å². The Hall–Kier alpha value is -5.18. The SMILES string of the molecule is Cc1cc(C)cc(C(=O)N[C@H](Cc2ccc(-c3ccn(C)n3)cc2)C(=O)N[C@@H](Cc2c[nH]c3ccccc23)C(=O)O)c1. The summed E-state index contributed by atoms with van der Waals surface area (Å²) in [6.45, 7) is 3.80. The van der Waals surface area contributed by atoms with Crippen molar-refractivity contribution in [2.75, 3.05) is 0 Å². The van der Waals surface area contributed by atoms with Crippen LogP contribution in [0.15, 0.2) is 85.2 Å². The van der Waals surface area contributed by atoms with E-state index < -0.39 is 29.9 Å². The Balaban J connectivity index is 1.38. The van der Waals surface area contributed by atoms with E-state index in [1.807, 2.05) is 87.8 Å². The zero-order chi connectivity index (χ0) is 29.8. The number of carboxylic acid groups (broad SMARTS) is 1. The van der Waals surface area contributed by atoms with Gasteiger partial charge in [-0.3, -0.25) is 14.3 Å². The highest BCUT2D eigenvalue weighted by Crippen LogP contribution is 2.20. The fourth-order valence-electron chi connectivity index (χ4n) is 5.17. The van der Waals surface area contributed by atoms with E-state index in [4.69, 9.17) is 0 Å². The monoisotopic (exact) mass is 563 g/mol. The predicted octanol–water partition coefficient (Wildman–Crippen LogP) is 4.34. The lowest BCUT2D eigenvalue weighted by molar-refractivity contribution is -0.142. The number of carbonyl (C=O) groups is 3. The molecule has 5 aromatic rings. The van der Waals surface area contributed by atoms with Crippen molar-refractivity contribution in [3.05, 3.63) is 113 Å². The predicted molar refractivity (Wildman–Crippen MR) is 161 cm³/mol. The highest BCUT2D eigenvalue weighted by atomic mass is 16.4. The van der Waals surface area contributed by atoms with Crippen molar-refractivity contribution in [2.24, 2.45) is 7.05 Å². The van der Waals surface area contributed by atoms with Gasteiger partial charge in [0, 0.05) is 54.3 Å². The number of aryl methyl sites for hydroxylation is 3. The van der Waals surface area contributed by atoms with Crippen LogP contribution in [-0.2, 0) is 29.5 Å². The van der Waals surface area contributed by atoms with E-state index in [9.17, 15) is 19.5 Å². The fraction of sp³-hybridized carbons (Fsp3) is 0.212. The van der Waals surface area contributed by atoms with Crippen LogP contribution in [0.25, 0.3) is 22.2 Å². The second kappa shape index (κ2) is 12.1. The van der Waals surface area contributed by atoms with Gasteiger partial charge in [-0.1, -0.05) is 59.7 Å². The molecular weight excluding hydrogens is 530 g/mol. The van der Waals surface area contributed by atoms with Gasteiger partial charge in [0.15, 0.2) is 0 Å². The van der Waals surface area contributed by atoms with Gasteiger partial charge < -0.3 is 20.7 Å². The van der Waals surface area contributed by atoms with E-state index in [0.29, 0.717) is 5.56 Å². The Kier molecular flexibility index (Phi) is 8.19. The molecule has 0 saturated carbocycles. The second-order valence-corrected chi connectivity index (χ2v) is 10.6. The molecule has 5 rings (SSSR count). The average molecular weight is 564 g/mol. The molecule has 0 spiro atoms. The molecule has 4 N–H and O–H groups in total. The van der Waals surface area contributed by atoms with Gasteiger partial charge >= 0.3 is 5.97 Å². The van der Waals surface area contributed by atoms with Crippen molar-refractivity contribution in [2.45, 2.75) is 38.8 Å². The number of benzene rings is 3. The third kappa shape index (κ3) is 6.58. The Morgan fingerprint density at radius 3 is 2.29 bits per heavy atom. The smallest absolute Gasteiger partial charge is 0.326 e. The molecular formula is C33H33N5O4. The molecule has 0 aliphatic rings. The molecule has 0 unspecified atom stereocenters. The van der Waals surface area contributed by atoms with Crippen molar-refractivity contribution in [3.8, 4) is 11.3 Å². The summed E-state index contributed by atoms with van der Waals surface area (Å²) < 4.78 is 1.72. The highest BCUT2D eigenvalue weighted by Gasteiger charge is 2.28. The van der Waals surface area contributed by atoms with Gasteiger partial charge in [0.25, 0.3) is 5.91 Å². The lowest BCUT2D eigenvalue weighted by Crippen LogP contribution is -2.53. The normalized spacial score (nSPS) is 12.5. The minimum atomic E-state index is -1.19. The molecule has 2 atom stereocenters. The molecule has 0 bridgehead atoms. The second-order valence-electron chi connectivity index (χ2n) is 10.6. The third-order valence-electron chi connectivity index (χ3n) is 7.22. The number of H-pyrrole nitrogens is 1. The molecule has 3 aromatic carbocycles. The van der Waals surface area contributed by atoms with Crippen molar-refractivity contribution in [1.29, 1.82) is 0 Å². The number of amides is 2. The van der Waals surface area contributed by atoms with Gasteiger partial charge in [0.1, 0.15) is 12.1 Å². The number of aromatic amines is 1. The number of aliphatic carboxylic acids is 1. The van der Waals surface area contributed by atoms with Crippen LogP contribution in [0, 0.1) is 13.8 Å². The first-order chi connectivity index (χ1) is 20.2. The zero-order valence-electron chi connectivity index (χ0n) is 23.7. The number of hydrogen-bond acceptors (Lipinski definition) is 4. The van der Waals surface area contributed by atoms with Gasteiger partial charge in [-0.25, -0.2) is 4.79 Å². The van der Waals surface area contributed by atoms with Crippen molar-refractivity contribution in [3.63, 3.8) is 0 Å². The maximum atomic E-state index is 13.6. The maximum Gasteiger partial charge on any atom is 0.326 e. The summed E-state index contributed by atoms with van der Waals surface area (Å²) in [5, 5.41) is 20.9. The number of rotatable bonds is 10. The first-order valence-electron chi connectivity index (χ1n) is 13.7. The average Bonchev–Trinajstić information content (AvgIpc) is 3.58. The number of aromatic nitrogens is 3. The van der Waals surface area contributed by atoms with E-state index in [1.165, 1.54) is 0 Å². The minimum absolute atomic E-state index is 0.0849. The van der Waals surface area contributed by atoms with Crippen molar-refractivity contribution < 1.29 is 19.5 Å². The standard InChI is InChI=1S/C33H33N5O4/c1-20-14-21(2)16-24(15-20)31(39)35-29(17-22-8-10-23(11-9-22)27-12-13-38(3)37-27)32(40)36-30(33(41)42)18-25-19-34-28-7-5-4-6-26(25)28/h4-16,19,29-30,34H,17-18H2,1-3H3,(H,35,39)(H,36,40)(H,41,42)/t29-,30+/m1/s1. The van der Waals surface area contributed by atoms with E-state index in [-0.39, 0.29) is 12.8 Å². The molecule has 42 heavy (non-hydrogen) atoms. The molecule has 0 fully saturated rings. The van der Waals surface area contributed by atoms with Crippen molar-refractivity contribution in [1.82, 2.24) is 25.4 Å². The molecule has 2 amide bonds. The molecule has 9 nitrogen and oxygen atoms in total.